The molecule has 0 saturated heterocycles. The van der Waals surface area contributed by atoms with E-state index in [4.69, 9.17) is 0 Å². The van der Waals surface area contributed by atoms with Crippen molar-refractivity contribution in [2.75, 3.05) is 0 Å². The monoisotopic (exact) mass is 280 g/mol. The van der Waals surface area contributed by atoms with Crippen LogP contribution in [0.15, 0.2) is 28.7 Å². The summed E-state index contributed by atoms with van der Waals surface area (Å²) in [5.41, 5.74) is 2.07. The van der Waals surface area contributed by atoms with Crippen molar-refractivity contribution in [3.63, 3.8) is 0 Å². The molecule has 16 heavy (non-hydrogen) atoms. The second-order valence-electron chi connectivity index (χ2n) is 3.09. The number of fused-ring (bicyclic) bond motifs is 1. The fraction of sp³-hybridized carbons (Fsp3) is 0.308. The Morgan fingerprint density at radius 2 is 2.12 bits per heavy atom. The second-order valence-corrected chi connectivity index (χ2v) is 4.01. The molecule has 1 aromatic carbocycles. The first-order valence-electron chi connectivity index (χ1n) is 5.61. The van der Waals surface area contributed by atoms with Crippen LogP contribution in [-0.2, 0) is 0 Å². The van der Waals surface area contributed by atoms with E-state index in [2.05, 4.69) is 38.9 Å². The zero-order valence-electron chi connectivity index (χ0n) is 9.92. The molecule has 0 fully saturated rings. The zero-order chi connectivity index (χ0) is 12.0. The number of H-pyrrole nitrogens is 1. The number of halogens is 1. The lowest BCUT2D eigenvalue weighted by Gasteiger charge is -1.87. The molecule has 2 rings (SSSR count). The van der Waals surface area contributed by atoms with Crippen molar-refractivity contribution in [2.24, 2.45) is 0 Å². The van der Waals surface area contributed by atoms with Gasteiger partial charge in [0, 0.05) is 4.47 Å². The fourth-order valence-electron chi connectivity index (χ4n) is 1.31. The second kappa shape index (κ2) is 6.48. The number of aromatic nitrogens is 2. The summed E-state index contributed by atoms with van der Waals surface area (Å²) in [7, 11) is 0. The number of nitrogens with one attached hydrogen (secondary N) is 1. The molecule has 3 heteroatoms. The molecule has 0 aliphatic carbocycles. The van der Waals surface area contributed by atoms with Crippen molar-refractivity contribution in [1.29, 1.82) is 0 Å². The van der Waals surface area contributed by atoms with Gasteiger partial charge in [0.15, 0.2) is 0 Å². The summed E-state index contributed by atoms with van der Waals surface area (Å²) in [4.78, 5) is 7.67. The number of benzene rings is 1. The minimum atomic E-state index is 0.917. The van der Waals surface area contributed by atoms with Gasteiger partial charge in [0.25, 0.3) is 0 Å². The Labute approximate surface area is 105 Å². The topological polar surface area (TPSA) is 28.7 Å². The zero-order valence-corrected chi connectivity index (χ0v) is 11.5. The van der Waals surface area contributed by atoms with Crippen LogP contribution in [0.25, 0.3) is 17.1 Å². The largest absolute Gasteiger partial charge is 0.338 e. The van der Waals surface area contributed by atoms with Crippen molar-refractivity contribution in [3.8, 4) is 0 Å². The van der Waals surface area contributed by atoms with Gasteiger partial charge in [-0.25, -0.2) is 4.98 Å². The minimum Gasteiger partial charge on any atom is -0.338 e. The summed E-state index contributed by atoms with van der Waals surface area (Å²) in [5, 5.41) is 0. The molecule has 0 amide bonds. The molecule has 0 aliphatic heterocycles. The first kappa shape index (κ1) is 13.0. The van der Waals surface area contributed by atoms with Crippen LogP contribution in [0.5, 0.6) is 0 Å². The predicted octanol–water partition coefficient (Wildman–Crippen LogP) is 4.77. The van der Waals surface area contributed by atoms with Gasteiger partial charge in [-0.3, -0.25) is 0 Å². The maximum absolute atomic E-state index is 4.43. The number of rotatable bonds is 2. The number of imidazole rings is 1. The van der Waals surface area contributed by atoms with Crippen LogP contribution in [0.1, 0.15) is 33.0 Å². The van der Waals surface area contributed by atoms with Crippen molar-refractivity contribution in [3.05, 3.63) is 34.6 Å². The third kappa shape index (κ3) is 3.20. The summed E-state index contributed by atoms with van der Waals surface area (Å²) in [6, 6.07) is 6.03. The van der Waals surface area contributed by atoms with E-state index in [1.54, 1.807) is 0 Å². The molecular formula is C13H17BrN2. The molecule has 0 bridgehead atoms. The molecule has 1 N–H and O–H groups in total. The van der Waals surface area contributed by atoms with Gasteiger partial charge >= 0.3 is 0 Å². The van der Waals surface area contributed by atoms with Gasteiger partial charge in [0.05, 0.1) is 11.0 Å². The smallest absolute Gasteiger partial charge is 0.130 e. The van der Waals surface area contributed by atoms with E-state index in [0.717, 1.165) is 27.8 Å². The molecule has 1 heterocycles. The molecule has 0 atom stereocenters. The van der Waals surface area contributed by atoms with Crippen molar-refractivity contribution in [2.45, 2.75) is 27.2 Å². The molecule has 2 nitrogen and oxygen atoms in total. The fourth-order valence-corrected chi connectivity index (χ4v) is 1.67. The molecule has 2 aromatic rings. The van der Waals surface area contributed by atoms with Gasteiger partial charge in [0.2, 0.25) is 0 Å². The maximum atomic E-state index is 4.43. The molecule has 0 aliphatic rings. The molecule has 0 saturated carbocycles. The molecule has 0 spiro atoms. The van der Waals surface area contributed by atoms with E-state index in [1.807, 2.05) is 38.1 Å². The Bertz CT molecular complexity index is 472. The van der Waals surface area contributed by atoms with Crippen LogP contribution in [0, 0.1) is 0 Å². The van der Waals surface area contributed by atoms with Crippen LogP contribution in [0.4, 0.5) is 0 Å². The molecule has 0 radical (unpaired) electrons. The summed E-state index contributed by atoms with van der Waals surface area (Å²) >= 11 is 3.43. The Morgan fingerprint density at radius 3 is 2.81 bits per heavy atom. The number of nitrogens with zero attached hydrogens (tertiary/aromatic N) is 1. The number of hydrogen-bond acceptors (Lipinski definition) is 1. The van der Waals surface area contributed by atoms with E-state index in [9.17, 15) is 0 Å². The minimum absolute atomic E-state index is 0.917. The SMILES string of the molecule is CC.CC/C=C/c1nc2ccc(Br)cc2[nH]1. The lowest BCUT2D eigenvalue weighted by Crippen LogP contribution is -1.71. The highest BCUT2D eigenvalue weighted by Gasteiger charge is 1.99. The number of aromatic amines is 1. The van der Waals surface area contributed by atoms with E-state index >= 15 is 0 Å². The standard InChI is InChI=1S/C11H11BrN2.C2H6/c1-2-3-4-11-13-9-6-5-8(12)7-10(9)14-11;1-2/h3-7H,2H2,1H3,(H,13,14);1-2H3/b4-3+;. The summed E-state index contributed by atoms with van der Waals surface area (Å²) in [6.07, 6.45) is 5.13. The normalized spacial score (nSPS) is 10.5. The highest BCUT2D eigenvalue weighted by atomic mass is 79.9. The average Bonchev–Trinajstić information content (AvgIpc) is 2.71. The van der Waals surface area contributed by atoms with Crippen molar-refractivity contribution >= 4 is 33.0 Å². The van der Waals surface area contributed by atoms with Crippen LogP contribution < -0.4 is 0 Å². The van der Waals surface area contributed by atoms with Crippen LogP contribution in [0.2, 0.25) is 0 Å². The Morgan fingerprint density at radius 1 is 1.38 bits per heavy atom. The van der Waals surface area contributed by atoms with Gasteiger partial charge in [-0.1, -0.05) is 42.8 Å². The Kier molecular flexibility index (Phi) is 5.26. The van der Waals surface area contributed by atoms with Crippen LogP contribution >= 0.6 is 15.9 Å². The third-order valence-electron chi connectivity index (χ3n) is 1.97. The lowest BCUT2D eigenvalue weighted by molar-refractivity contribution is 1.22. The maximum Gasteiger partial charge on any atom is 0.130 e. The van der Waals surface area contributed by atoms with Crippen molar-refractivity contribution < 1.29 is 0 Å². The van der Waals surface area contributed by atoms with Crippen LogP contribution in [0.3, 0.4) is 0 Å². The molecular weight excluding hydrogens is 264 g/mol. The first-order chi connectivity index (χ1) is 7.79. The van der Waals surface area contributed by atoms with Gasteiger partial charge in [0.1, 0.15) is 5.82 Å². The quantitative estimate of drug-likeness (QED) is 0.843. The first-order valence-corrected chi connectivity index (χ1v) is 6.40. The van der Waals surface area contributed by atoms with Gasteiger partial charge < -0.3 is 4.98 Å². The van der Waals surface area contributed by atoms with Gasteiger partial charge in [-0.2, -0.15) is 0 Å². The molecule has 86 valence electrons. The lowest BCUT2D eigenvalue weighted by atomic mass is 10.3. The van der Waals surface area contributed by atoms with E-state index in [0.29, 0.717) is 0 Å². The van der Waals surface area contributed by atoms with Gasteiger partial charge in [-0.15, -0.1) is 0 Å². The number of allylic oxidation sites excluding steroid dienone is 1. The highest BCUT2D eigenvalue weighted by Crippen LogP contribution is 2.18. The summed E-state index contributed by atoms with van der Waals surface area (Å²) in [6.45, 7) is 6.11. The summed E-state index contributed by atoms with van der Waals surface area (Å²) < 4.78 is 1.07. The highest BCUT2D eigenvalue weighted by molar-refractivity contribution is 9.10. The molecule has 1 aromatic heterocycles. The summed E-state index contributed by atoms with van der Waals surface area (Å²) in [5.74, 6) is 0.917. The number of hydrogen-bond donors (Lipinski definition) is 1. The Balaban J connectivity index is 0.000000606. The molecule has 0 unspecified atom stereocenters. The van der Waals surface area contributed by atoms with E-state index < -0.39 is 0 Å². The Hall–Kier alpha value is -1.09. The predicted molar refractivity (Wildman–Crippen MR) is 74.5 cm³/mol. The van der Waals surface area contributed by atoms with Gasteiger partial charge in [-0.05, 0) is 30.7 Å². The third-order valence-corrected chi connectivity index (χ3v) is 2.47. The average molecular weight is 281 g/mol. The van der Waals surface area contributed by atoms with Crippen molar-refractivity contribution in [1.82, 2.24) is 9.97 Å². The van der Waals surface area contributed by atoms with E-state index in [1.165, 1.54) is 0 Å². The van der Waals surface area contributed by atoms with Crippen LogP contribution in [-0.4, -0.2) is 9.97 Å². The van der Waals surface area contributed by atoms with E-state index in [-0.39, 0.29) is 0 Å².